The molecule has 1 fully saturated rings. The van der Waals surface area contributed by atoms with E-state index in [1.54, 1.807) is 13.2 Å². The van der Waals surface area contributed by atoms with Crippen molar-refractivity contribution in [3.05, 3.63) is 34.3 Å². The Morgan fingerprint density at radius 2 is 2.39 bits per heavy atom. The van der Waals surface area contributed by atoms with E-state index in [2.05, 4.69) is 11.0 Å². The molecule has 1 saturated heterocycles. The predicted molar refractivity (Wildman–Crippen MR) is 71.4 cm³/mol. The molecule has 2 rings (SSSR count). The highest BCUT2D eigenvalue weighted by molar-refractivity contribution is 6.31. The summed E-state index contributed by atoms with van der Waals surface area (Å²) in [5, 5.41) is 9.48. The van der Waals surface area contributed by atoms with Gasteiger partial charge in [0.1, 0.15) is 0 Å². The first-order valence-corrected chi connectivity index (χ1v) is 6.50. The van der Waals surface area contributed by atoms with Crippen LogP contribution in [0.15, 0.2) is 18.2 Å². The van der Waals surface area contributed by atoms with Crippen molar-refractivity contribution < 1.29 is 4.74 Å². The summed E-state index contributed by atoms with van der Waals surface area (Å²) < 4.78 is 5.19. The molecule has 4 heteroatoms. The maximum atomic E-state index is 8.80. The van der Waals surface area contributed by atoms with Gasteiger partial charge in [0.2, 0.25) is 0 Å². The molecule has 1 aliphatic rings. The molecule has 0 saturated carbocycles. The number of benzene rings is 1. The number of nitrogens with zero attached hydrogens (tertiary/aromatic N) is 2. The largest absolute Gasteiger partial charge is 0.384 e. The van der Waals surface area contributed by atoms with Crippen LogP contribution in [0.2, 0.25) is 5.02 Å². The Bertz CT molecular complexity index is 456. The standard InChI is InChI=1S/C14H17ClN2O/c1-18-10-12-4-5-17(8-12)9-13-3-2-11(7-16)6-14(13)15/h2-3,6,12H,4-5,8-10H2,1H3. The molecule has 1 unspecified atom stereocenters. The monoisotopic (exact) mass is 264 g/mol. The highest BCUT2D eigenvalue weighted by Gasteiger charge is 2.22. The number of nitriles is 1. The van der Waals surface area contributed by atoms with Gasteiger partial charge in [0.25, 0.3) is 0 Å². The summed E-state index contributed by atoms with van der Waals surface area (Å²) in [4.78, 5) is 2.39. The van der Waals surface area contributed by atoms with Gasteiger partial charge in [-0.25, -0.2) is 0 Å². The number of halogens is 1. The summed E-state index contributed by atoms with van der Waals surface area (Å²) in [7, 11) is 1.75. The molecule has 1 aromatic rings. The number of ether oxygens (including phenoxy) is 1. The smallest absolute Gasteiger partial charge is 0.0992 e. The molecular formula is C14H17ClN2O. The molecular weight excluding hydrogens is 248 g/mol. The molecule has 96 valence electrons. The third-order valence-electron chi connectivity index (χ3n) is 3.35. The minimum absolute atomic E-state index is 0.613. The summed E-state index contributed by atoms with van der Waals surface area (Å²) in [6.07, 6.45) is 1.18. The van der Waals surface area contributed by atoms with Crippen LogP contribution in [0, 0.1) is 17.2 Å². The quantitative estimate of drug-likeness (QED) is 0.839. The second-order valence-electron chi connectivity index (χ2n) is 4.76. The molecule has 0 N–H and O–H groups in total. The molecule has 1 aromatic carbocycles. The zero-order valence-electron chi connectivity index (χ0n) is 10.5. The van der Waals surface area contributed by atoms with E-state index in [9.17, 15) is 0 Å². The van der Waals surface area contributed by atoms with Gasteiger partial charge in [-0.2, -0.15) is 5.26 Å². The van der Waals surface area contributed by atoms with Gasteiger partial charge in [-0.05, 0) is 36.6 Å². The highest BCUT2D eigenvalue weighted by Crippen LogP contribution is 2.23. The van der Waals surface area contributed by atoms with Gasteiger partial charge < -0.3 is 4.74 Å². The molecule has 1 atom stereocenters. The fourth-order valence-corrected chi connectivity index (χ4v) is 2.65. The maximum Gasteiger partial charge on any atom is 0.0992 e. The lowest BCUT2D eigenvalue weighted by molar-refractivity contribution is 0.152. The van der Waals surface area contributed by atoms with Crippen molar-refractivity contribution in [3.63, 3.8) is 0 Å². The third-order valence-corrected chi connectivity index (χ3v) is 3.70. The fraction of sp³-hybridized carbons (Fsp3) is 0.500. The van der Waals surface area contributed by atoms with E-state index in [0.29, 0.717) is 16.5 Å². The zero-order valence-corrected chi connectivity index (χ0v) is 11.3. The van der Waals surface area contributed by atoms with Crippen LogP contribution in [-0.4, -0.2) is 31.7 Å². The first-order chi connectivity index (χ1) is 8.72. The molecule has 0 radical (unpaired) electrons. The first-order valence-electron chi connectivity index (χ1n) is 6.12. The average molecular weight is 265 g/mol. The molecule has 3 nitrogen and oxygen atoms in total. The van der Waals surface area contributed by atoms with Crippen LogP contribution >= 0.6 is 11.6 Å². The second kappa shape index (κ2) is 6.19. The van der Waals surface area contributed by atoms with E-state index in [0.717, 1.165) is 31.8 Å². The normalized spacial score (nSPS) is 19.9. The minimum Gasteiger partial charge on any atom is -0.384 e. The Morgan fingerprint density at radius 1 is 1.56 bits per heavy atom. The van der Waals surface area contributed by atoms with Gasteiger partial charge >= 0.3 is 0 Å². The van der Waals surface area contributed by atoms with Gasteiger partial charge in [0.15, 0.2) is 0 Å². The lowest BCUT2D eigenvalue weighted by atomic mass is 10.1. The Kier molecular flexibility index (Phi) is 4.60. The van der Waals surface area contributed by atoms with Crippen LogP contribution in [-0.2, 0) is 11.3 Å². The second-order valence-corrected chi connectivity index (χ2v) is 5.17. The maximum absolute atomic E-state index is 8.80. The van der Waals surface area contributed by atoms with E-state index in [-0.39, 0.29) is 0 Å². The number of methoxy groups -OCH3 is 1. The van der Waals surface area contributed by atoms with Crippen LogP contribution in [0.4, 0.5) is 0 Å². The van der Waals surface area contributed by atoms with Gasteiger partial charge in [0.05, 0.1) is 18.2 Å². The van der Waals surface area contributed by atoms with Crippen LogP contribution < -0.4 is 0 Å². The van der Waals surface area contributed by atoms with Gasteiger partial charge in [-0.1, -0.05) is 17.7 Å². The minimum atomic E-state index is 0.613. The van der Waals surface area contributed by atoms with Gasteiger partial charge in [-0.15, -0.1) is 0 Å². The van der Waals surface area contributed by atoms with Crippen molar-refractivity contribution in [2.75, 3.05) is 26.8 Å². The summed E-state index contributed by atoms with van der Waals surface area (Å²) >= 11 is 6.18. The van der Waals surface area contributed by atoms with Crippen LogP contribution in [0.3, 0.4) is 0 Å². The predicted octanol–water partition coefficient (Wildman–Crippen LogP) is 2.68. The fourth-order valence-electron chi connectivity index (χ4n) is 2.41. The highest BCUT2D eigenvalue weighted by atomic mass is 35.5. The molecule has 0 bridgehead atoms. The van der Waals surface area contributed by atoms with Crippen molar-refractivity contribution in [1.29, 1.82) is 5.26 Å². The van der Waals surface area contributed by atoms with Crippen LogP contribution in [0.25, 0.3) is 0 Å². The number of hydrogen-bond donors (Lipinski definition) is 0. The Labute approximate surface area is 113 Å². The molecule has 0 amide bonds. The summed E-state index contributed by atoms with van der Waals surface area (Å²) in [5.74, 6) is 0.632. The lowest BCUT2D eigenvalue weighted by Gasteiger charge is -2.16. The molecule has 1 aliphatic heterocycles. The van der Waals surface area contributed by atoms with Crippen LogP contribution in [0.5, 0.6) is 0 Å². The molecule has 0 spiro atoms. The molecule has 0 aliphatic carbocycles. The van der Waals surface area contributed by atoms with Crippen molar-refractivity contribution >= 4 is 11.6 Å². The summed E-state index contributed by atoms with van der Waals surface area (Å²) in [6.45, 7) is 3.83. The summed E-state index contributed by atoms with van der Waals surface area (Å²) in [6, 6.07) is 7.61. The van der Waals surface area contributed by atoms with E-state index >= 15 is 0 Å². The van der Waals surface area contributed by atoms with Gasteiger partial charge in [-0.3, -0.25) is 4.90 Å². The number of rotatable bonds is 4. The molecule has 18 heavy (non-hydrogen) atoms. The van der Waals surface area contributed by atoms with Crippen molar-refractivity contribution in [2.24, 2.45) is 5.92 Å². The van der Waals surface area contributed by atoms with E-state index < -0.39 is 0 Å². The zero-order chi connectivity index (χ0) is 13.0. The topological polar surface area (TPSA) is 36.3 Å². The van der Waals surface area contributed by atoms with Gasteiger partial charge in [0, 0.05) is 25.2 Å². The SMILES string of the molecule is COCC1CCN(Cc2ccc(C#N)cc2Cl)C1. The number of hydrogen-bond acceptors (Lipinski definition) is 3. The first kappa shape index (κ1) is 13.4. The van der Waals surface area contributed by atoms with Crippen LogP contribution in [0.1, 0.15) is 17.5 Å². The lowest BCUT2D eigenvalue weighted by Crippen LogP contribution is -2.21. The Hall–Kier alpha value is -1.08. The Balaban J connectivity index is 1.96. The van der Waals surface area contributed by atoms with Crippen molar-refractivity contribution in [3.8, 4) is 6.07 Å². The Morgan fingerprint density at radius 3 is 3.06 bits per heavy atom. The molecule has 1 heterocycles. The third kappa shape index (κ3) is 3.23. The van der Waals surface area contributed by atoms with Crippen molar-refractivity contribution in [2.45, 2.75) is 13.0 Å². The van der Waals surface area contributed by atoms with E-state index in [1.165, 1.54) is 6.42 Å². The average Bonchev–Trinajstić information content (AvgIpc) is 2.80. The van der Waals surface area contributed by atoms with E-state index in [4.69, 9.17) is 21.6 Å². The summed E-state index contributed by atoms with van der Waals surface area (Å²) in [5.41, 5.74) is 1.70. The number of likely N-dealkylation sites (tertiary alicyclic amines) is 1. The van der Waals surface area contributed by atoms with Crippen molar-refractivity contribution in [1.82, 2.24) is 4.90 Å². The molecule has 0 aromatic heterocycles. The van der Waals surface area contributed by atoms with E-state index in [1.807, 2.05) is 12.1 Å².